The van der Waals surface area contributed by atoms with Crippen LogP contribution in [0.25, 0.3) is 0 Å². The number of nitrogens with two attached hydrogens (primary N) is 1. The highest BCUT2D eigenvalue weighted by atomic mass is 16.1. The fourth-order valence-corrected chi connectivity index (χ4v) is 2.98. The Morgan fingerprint density at radius 3 is 2.53 bits per heavy atom. The van der Waals surface area contributed by atoms with E-state index in [1.165, 1.54) is 38.5 Å². The minimum Gasteiger partial charge on any atom is -0.356 e. The van der Waals surface area contributed by atoms with Gasteiger partial charge >= 0.3 is 0 Å². The third kappa shape index (κ3) is 3.98. The van der Waals surface area contributed by atoms with E-state index in [2.05, 4.69) is 5.32 Å². The van der Waals surface area contributed by atoms with E-state index in [0.29, 0.717) is 13.0 Å². The summed E-state index contributed by atoms with van der Waals surface area (Å²) in [6, 6.07) is 0. The molecule has 0 bridgehead atoms. The van der Waals surface area contributed by atoms with Gasteiger partial charge in [0, 0.05) is 13.0 Å². The van der Waals surface area contributed by atoms with Crippen LogP contribution in [-0.4, -0.2) is 19.0 Å². The molecule has 3 N–H and O–H groups in total. The van der Waals surface area contributed by atoms with Gasteiger partial charge in [0.05, 0.1) is 0 Å². The van der Waals surface area contributed by atoms with E-state index in [4.69, 9.17) is 5.73 Å². The zero-order valence-corrected chi connectivity index (χ0v) is 10.8. The molecule has 0 aliphatic heterocycles. The van der Waals surface area contributed by atoms with E-state index in [9.17, 15) is 4.79 Å². The van der Waals surface area contributed by atoms with Crippen molar-refractivity contribution in [1.29, 1.82) is 0 Å². The lowest BCUT2D eigenvalue weighted by atomic mass is 9.71. The average molecular weight is 238 g/mol. The Labute approximate surface area is 105 Å². The molecule has 0 aromatic carbocycles. The number of carbonyl (C=O) groups is 1. The summed E-state index contributed by atoms with van der Waals surface area (Å²) in [5, 5.41) is 3.07. The molecule has 3 heteroatoms. The third-order valence-corrected chi connectivity index (χ3v) is 4.45. The number of carbonyl (C=O) groups excluding carboxylic acids is 1. The van der Waals surface area contributed by atoms with Crippen molar-refractivity contribution in [2.45, 2.75) is 57.8 Å². The second-order valence-corrected chi connectivity index (χ2v) is 6.02. The molecular weight excluding hydrogens is 212 g/mol. The van der Waals surface area contributed by atoms with E-state index in [-0.39, 0.29) is 11.3 Å². The van der Waals surface area contributed by atoms with Crippen molar-refractivity contribution in [3.63, 3.8) is 0 Å². The summed E-state index contributed by atoms with van der Waals surface area (Å²) >= 11 is 0. The molecule has 0 atom stereocenters. The summed E-state index contributed by atoms with van der Waals surface area (Å²) in [6.07, 6.45) is 10.6. The van der Waals surface area contributed by atoms with Crippen LogP contribution in [0.5, 0.6) is 0 Å². The maximum atomic E-state index is 11.9. The van der Waals surface area contributed by atoms with Crippen LogP contribution in [0.4, 0.5) is 0 Å². The molecular formula is C14H26N2O. The quantitative estimate of drug-likeness (QED) is 0.745. The van der Waals surface area contributed by atoms with Crippen LogP contribution in [0.1, 0.15) is 57.8 Å². The molecule has 3 nitrogen and oxygen atoms in total. The SMILES string of the molecule is NCC1(CC(=O)NCCC2CC2)CCCCC1. The molecule has 2 aliphatic rings. The normalized spacial score (nSPS) is 23.4. The van der Waals surface area contributed by atoms with Crippen LogP contribution >= 0.6 is 0 Å². The summed E-state index contributed by atoms with van der Waals surface area (Å²) in [5.74, 6) is 1.12. The minimum absolute atomic E-state index is 0.113. The van der Waals surface area contributed by atoms with Gasteiger partial charge in [0.25, 0.3) is 0 Å². The van der Waals surface area contributed by atoms with Crippen LogP contribution in [0.2, 0.25) is 0 Å². The smallest absolute Gasteiger partial charge is 0.220 e. The van der Waals surface area contributed by atoms with E-state index >= 15 is 0 Å². The molecule has 0 unspecified atom stereocenters. The molecule has 0 saturated heterocycles. The highest BCUT2D eigenvalue weighted by Crippen LogP contribution is 2.38. The fourth-order valence-electron chi connectivity index (χ4n) is 2.98. The maximum absolute atomic E-state index is 11.9. The lowest BCUT2D eigenvalue weighted by Crippen LogP contribution is -2.38. The molecule has 1 amide bonds. The summed E-state index contributed by atoms with van der Waals surface area (Å²) in [5.41, 5.74) is 6.01. The number of nitrogens with one attached hydrogen (secondary N) is 1. The van der Waals surface area contributed by atoms with Crippen molar-refractivity contribution >= 4 is 5.91 Å². The number of rotatable bonds is 6. The van der Waals surface area contributed by atoms with Gasteiger partial charge in [-0.2, -0.15) is 0 Å². The topological polar surface area (TPSA) is 55.1 Å². The molecule has 0 heterocycles. The monoisotopic (exact) mass is 238 g/mol. The molecule has 2 aliphatic carbocycles. The van der Waals surface area contributed by atoms with Gasteiger partial charge in [-0.1, -0.05) is 32.1 Å². The Bertz CT molecular complexity index is 255. The van der Waals surface area contributed by atoms with Crippen LogP contribution in [0.3, 0.4) is 0 Å². The average Bonchev–Trinajstić information content (AvgIpc) is 3.14. The molecule has 2 fully saturated rings. The number of hydrogen-bond donors (Lipinski definition) is 2. The van der Waals surface area contributed by atoms with Crippen molar-refractivity contribution in [3.05, 3.63) is 0 Å². The van der Waals surface area contributed by atoms with Crippen molar-refractivity contribution in [2.75, 3.05) is 13.1 Å². The molecule has 0 radical (unpaired) electrons. The molecule has 2 saturated carbocycles. The summed E-state index contributed by atoms with van der Waals surface area (Å²) in [4.78, 5) is 11.9. The van der Waals surface area contributed by atoms with Gasteiger partial charge < -0.3 is 11.1 Å². The van der Waals surface area contributed by atoms with Gasteiger partial charge in [-0.15, -0.1) is 0 Å². The van der Waals surface area contributed by atoms with E-state index in [1.54, 1.807) is 0 Å². The lowest BCUT2D eigenvalue weighted by molar-refractivity contribution is -0.123. The van der Waals surface area contributed by atoms with Crippen LogP contribution in [0, 0.1) is 11.3 Å². The zero-order chi connectivity index (χ0) is 12.1. The highest BCUT2D eigenvalue weighted by Gasteiger charge is 2.32. The first-order valence-corrected chi connectivity index (χ1v) is 7.21. The van der Waals surface area contributed by atoms with Crippen LogP contribution in [0.15, 0.2) is 0 Å². The Hall–Kier alpha value is -0.570. The first kappa shape index (κ1) is 12.9. The number of amides is 1. The zero-order valence-electron chi connectivity index (χ0n) is 10.8. The first-order chi connectivity index (χ1) is 8.24. The van der Waals surface area contributed by atoms with Crippen LogP contribution < -0.4 is 11.1 Å². The van der Waals surface area contributed by atoms with Crippen molar-refractivity contribution in [2.24, 2.45) is 17.1 Å². The van der Waals surface area contributed by atoms with Gasteiger partial charge in [0.1, 0.15) is 0 Å². The predicted molar refractivity (Wildman–Crippen MR) is 69.5 cm³/mol. The molecule has 0 aromatic rings. The summed E-state index contributed by atoms with van der Waals surface area (Å²) < 4.78 is 0. The van der Waals surface area contributed by atoms with Gasteiger partial charge in [0.2, 0.25) is 5.91 Å². The Kier molecular flexibility index (Phi) is 4.43. The van der Waals surface area contributed by atoms with Crippen molar-refractivity contribution in [3.8, 4) is 0 Å². The molecule has 2 rings (SSSR count). The third-order valence-electron chi connectivity index (χ3n) is 4.45. The van der Waals surface area contributed by atoms with Crippen molar-refractivity contribution < 1.29 is 4.79 Å². The number of hydrogen-bond acceptors (Lipinski definition) is 2. The Morgan fingerprint density at radius 2 is 1.94 bits per heavy atom. The fraction of sp³-hybridized carbons (Fsp3) is 0.929. The Balaban J connectivity index is 1.70. The largest absolute Gasteiger partial charge is 0.356 e. The predicted octanol–water partition coefficient (Wildman–Crippen LogP) is 2.20. The van der Waals surface area contributed by atoms with Gasteiger partial charge in [0.15, 0.2) is 0 Å². The molecule has 98 valence electrons. The molecule has 0 spiro atoms. The van der Waals surface area contributed by atoms with Gasteiger partial charge in [-0.05, 0) is 37.1 Å². The molecule has 17 heavy (non-hydrogen) atoms. The highest BCUT2D eigenvalue weighted by molar-refractivity contribution is 5.76. The summed E-state index contributed by atoms with van der Waals surface area (Å²) in [6.45, 7) is 1.53. The second-order valence-electron chi connectivity index (χ2n) is 6.02. The maximum Gasteiger partial charge on any atom is 0.220 e. The van der Waals surface area contributed by atoms with E-state index < -0.39 is 0 Å². The van der Waals surface area contributed by atoms with Crippen molar-refractivity contribution in [1.82, 2.24) is 5.32 Å². The lowest BCUT2D eigenvalue weighted by Gasteiger charge is -2.35. The van der Waals surface area contributed by atoms with Crippen LogP contribution in [-0.2, 0) is 4.79 Å². The Morgan fingerprint density at radius 1 is 1.24 bits per heavy atom. The standard InChI is InChI=1S/C14H26N2O/c15-11-14(7-2-1-3-8-14)10-13(17)16-9-6-12-4-5-12/h12H,1-11,15H2,(H,16,17). The van der Waals surface area contributed by atoms with E-state index in [1.807, 2.05) is 0 Å². The van der Waals surface area contributed by atoms with E-state index in [0.717, 1.165) is 25.3 Å². The van der Waals surface area contributed by atoms with Gasteiger partial charge in [-0.25, -0.2) is 0 Å². The second kappa shape index (κ2) is 5.85. The minimum atomic E-state index is 0.113. The molecule has 0 aromatic heterocycles. The van der Waals surface area contributed by atoms with Gasteiger partial charge in [-0.3, -0.25) is 4.79 Å². The first-order valence-electron chi connectivity index (χ1n) is 7.21. The summed E-state index contributed by atoms with van der Waals surface area (Å²) in [7, 11) is 0.